The molecule has 12 rings (SSSR count). The molecule has 11 aromatic rings. The minimum atomic E-state index is -0.0970. The SMILES string of the molecule is CC1(C)c2ccccc2-c2c(-n3c4c5ccccc5ccc4c4c5ccccc5c5c(c6cccc7c8ccccc8n5c76)c43)cccc21. The van der Waals surface area contributed by atoms with Crippen LogP contribution in [0.1, 0.15) is 25.0 Å². The van der Waals surface area contributed by atoms with E-state index in [9.17, 15) is 0 Å². The van der Waals surface area contributed by atoms with E-state index in [2.05, 4.69) is 168 Å². The van der Waals surface area contributed by atoms with Crippen LogP contribution in [-0.2, 0) is 5.41 Å². The molecular weight excluding hydrogens is 593 g/mol. The molecule has 0 saturated heterocycles. The molecule has 0 radical (unpaired) electrons. The van der Waals surface area contributed by atoms with Gasteiger partial charge in [-0.2, -0.15) is 0 Å². The number of hydrogen-bond acceptors (Lipinski definition) is 0. The summed E-state index contributed by atoms with van der Waals surface area (Å²) in [6.07, 6.45) is 0. The van der Waals surface area contributed by atoms with E-state index in [-0.39, 0.29) is 5.41 Å². The van der Waals surface area contributed by atoms with Crippen LogP contribution in [0.25, 0.3) is 98.3 Å². The molecule has 0 spiro atoms. The third kappa shape index (κ3) is 2.93. The zero-order valence-corrected chi connectivity index (χ0v) is 27.3. The second-order valence-corrected chi connectivity index (χ2v) is 14.4. The number of nitrogens with zero attached hydrogens (tertiary/aromatic N) is 2. The van der Waals surface area contributed by atoms with Gasteiger partial charge < -0.3 is 8.97 Å². The normalized spacial score (nSPS) is 14.1. The van der Waals surface area contributed by atoms with Crippen molar-refractivity contribution in [2.45, 2.75) is 19.3 Å². The number of aromatic nitrogens is 2. The first kappa shape index (κ1) is 25.9. The van der Waals surface area contributed by atoms with Crippen molar-refractivity contribution in [3.63, 3.8) is 0 Å². The van der Waals surface area contributed by atoms with Gasteiger partial charge in [-0.15, -0.1) is 0 Å². The molecule has 0 bridgehead atoms. The van der Waals surface area contributed by atoms with Gasteiger partial charge in [0.25, 0.3) is 0 Å². The Morgan fingerprint density at radius 3 is 1.94 bits per heavy atom. The zero-order valence-electron chi connectivity index (χ0n) is 27.3. The summed E-state index contributed by atoms with van der Waals surface area (Å²) in [4.78, 5) is 0. The van der Waals surface area contributed by atoms with E-state index < -0.39 is 0 Å². The summed E-state index contributed by atoms with van der Waals surface area (Å²) in [5.74, 6) is 0. The van der Waals surface area contributed by atoms with Crippen molar-refractivity contribution in [3.05, 3.63) is 157 Å². The molecule has 228 valence electrons. The molecule has 49 heavy (non-hydrogen) atoms. The Morgan fingerprint density at radius 2 is 1.04 bits per heavy atom. The Hall–Kier alpha value is -6.12. The van der Waals surface area contributed by atoms with Crippen LogP contribution in [0.2, 0.25) is 0 Å². The van der Waals surface area contributed by atoms with Crippen molar-refractivity contribution in [2.75, 3.05) is 0 Å². The standard InChI is InChI=1S/C47H30N2/c1-47(2)36-21-9-7-18-33(36)41-37(47)22-12-24-39(41)49-43-28-14-4-3-13-27(28)25-26-35(43)40-30-16-5-6-17-32(30)45-42(46(40)49)34-20-11-19-31-29-15-8-10-23-38(29)48(45)44(31)34/h3-26H,1-2H3. The lowest BCUT2D eigenvalue weighted by atomic mass is 9.82. The molecule has 0 unspecified atom stereocenters. The van der Waals surface area contributed by atoms with E-state index in [1.807, 2.05) is 0 Å². The van der Waals surface area contributed by atoms with E-state index in [0.29, 0.717) is 0 Å². The Labute approximate surface area is 282 Å². The molecule has 0 saturated carbocycles. The summed E-state index contributed by atoms with van der Waals surface area (Å²) in [5.41, 5.74) is 13.0. The highest BCUT2D eigenvalue weighted by Gasteiger charge is 2.37. The summed E-state index contributed by atoms with van der Waals surface area (Å²) in [6, 6.07) is 54.6. The van der Waals surface area contributed by atoms with Crippen LogP contribution in [-0.4, -0.2) is 8.97 Å². The first-order chi connectivity index (χ1) is 24.1. The van der Waals surface area contributed by atoms with Gasteiger partial charge in [-0.05, 0) is 39.6 Å². The van der Waals surface area contributed by atoms with Gasteiger partial charge in [-0.1, -0.05) is 147 Å². The molecule has 0 atom stereocenters. The fourth-order valence-electron chi connectivity index (χ4n) is 9.82. The molecule has 0 N–H and O–H groups in total. The van der Waals surface area contributed by atoms with Crippen LogP contribution in [0.3, 0.4) is 0 Å². The lowest BCUT2D eigenvalue weighted by Gasteiger charge is -2.22. The third-order valence-electron chi connectivity index (χ3n) is 11.8. The van der Waals surface area contributed by atoms with Gasteiger partial charge in [0.15, 0.2) is 0 Å². The average Bonchev–Trinajstić information content (AvgIpc) is 3.85. The van der Waals surface area contributed by atoms with Gasteiger partial charge in [-0.3, -0.25) is 0 Å². The molecule has 1 aliphatic carbocycles. The highest BCUT2D eigenvalue weighted by atomic mass is 15.0. The van der Waals surface area contributed by atoms with Crippen LogP contribution in [0.4, 0.5) is 0 Å². The van der Waals surface area contributed by atoms with Gasteiger partial charge in [0.05, 0.1) is 33.3 Å². The maximum absolute atomic E-state index is 2.66. The second-order valence-electron chi connectivity index (χ2n) is 14.4. The number of rotatable bonds is 1. The van der Waals surface area contributed by atoms with E-state index in [1.54, 1.807) is 0 Å². The maximum atomic E-state index is 2.66. The van der Waals surface area contributed by atoms with Gasteiger partial charge in [0, 0.05) is 54.1 Å². The van der Waals surface area contributed by atoms with Crippen molar-refractivity contribution in [3.8, 4) is 16.8 Å². The molecule has 2 heteroatoms. The number of fused-ring (bicyclic) bond motifs is 18. The van der Waals surface area contributed by atoms with Crippen LogP contribution in [0.5, 0.6) is 0 Å². The molecule has 3 heterocycles. The van der Waals surface area contributed by atoms with E-state index in [0.717, 1.165) is 0 Å². The summed E-state index contributed by atoms with van der Waals surface area (Å²) >= 11 is 0. The minimum absolute atomic E-state index is 0.0970. The topological polar surface area (TPSA) is 9.34 Å². The minimum Gasteiger partial charge on any atom is -0.307 e. The monoisotopic (exact) mass is 622 g/mol. The zero-order chi connectivity index (χ0) is 32.2. The van der Waals surface area contributed by atoms with Crippen LogP contribution in [0.15, 0.2) is 146 Å². The van der Waals surface area contributed by atoms with Crippen LogP contribution >= 0.6 is 0 Å². The molecule has 0 aliphatic heterocycles. The Balaban J connectivity index is 1.44. The summed E-state index contributed by atoms with van der Waals surface area (Å²) in [5, 5.41) is 13.0. The molecule has 2 nitrogen and oxygen atoms in total. The molecule has 3 aromatic heterocycles. The Kier molecular flexibility index (Phi) is 4.58. The predicted molar refractivity (Wildman–Crippen MR) is 208 cm³/mol. The molecule has 1 aliphatic rings. The van der Waals surface area contributed by atoms with Crippen molar-refractivity contribution in [2.24, 2.45) is 0 Å². The first-order valence-electron chi connectivity index (χ1n) is 17.3. The van der Waals surface area contributed by atoms with Crippen molar-refractivity contribution in [1.29, 1.82) is 0 Å². The molecule has 0 amide bonds. The fraction of sp³-hybridized carbons (Fsp3) is 0.0638. The lowest BCUT2D eigenvalue weighted by Crippen LogP contribution is -2.15. The van der Waals surface area contributed by atoms with Crippen LogP contribution in [0, 0.1) is 0 Å². The van der Waals surface area contributed by atoms with Crippen molar-refractivity contribution < 1.29 is 0 Å². The Bertz CT molecular complexity index is 3240. The largest absolute Gasteiger partial charge is 0.307 e. The molecule has 0 fully saturated rings. The van der Waals surface area contributed by atoms with E-state index in [4.69, 9.17) is 0 Å². The van der Waals surface area contributed by atoms with Crippen molar-refractivity contribution in [1.82, 2.24) is 8.97 Å². The summed E-state index contributed by atoms with van der Waals surface area (Å²) < 4.78 is 5.22. The number of hydrogen-bond donors (Lipinski definition) is 0. The highest BCUT2D eigenvalue weighted by Crippen LogP contribution is 2.54. The van der Waals surface area contributed by atoms with Gasteiger partial charge in [-0.25, -0.2) is 0 Å². The number of para-hydroxylation sites is 2. The lowest BCUT2D eigenvalue weighted by molar-refractivity contribution is 0.660. The van der Waals surface area contributed by atoms with Crippen molar-refractivity contribution >= 4 is 81.4 Å². The summed E-state index contributed by atoms with van der Waals surface area (Å²) in [6.45, 7) is 4.76. The summed E-state index contributed by atoms with van der Waals surface area (Å²) in [7, 11) is 0. The second kappa shape index (κ2) is 8.66. The smallest absolute Gasteiger partial charge is 0.0648 e. The van der Waals surface area contributed by atoms with Crippen LogP contribution < -0.4 is 0 Å². The molecule has 8 aromatic carbocycles. The van der Waals surface area contributed by atoms with E-state index in [1.165, 1.54) is 109 Å². The maximum Gasteiger partial charge on any atom is 0.0648 e. The number of benzene rings is 8. The first-order valence-corrected chi connectivity index (χ1v) is 17.3. The Morgan fingerprint density at radius 1 is 0.408 bits per heavy atom. The quantitative estimate of drug-likeness (QED) is 0.172. The predicted octanol–water partition coefficient (Wildman–Crippen LogP) is 12.5. The van der Waals surface area contributed by atoms with Gasteiger partial charge in [0.1, 0.15) is 0 Å². The molecular formula is C47H30N2. The van der Waals surface area contributed by atoms with Gasteiger partial charge >= 0.3 is 0 Å². The average molecular weight is 623 g/mol. The van der Waals surface area contributed by atoms with Gasteiger partial charge in [0.2, 0.25) is 0 Å². The third-order valence-corrected chi connectivity index (χ3v) is 11.8. The van der Waals surface area contributed by atoms with E-state index >= 15 is 0 Å². The highest BCUT2D eigenvalue weighted by molar-refractivity contribution is 6.40. The fourth-order valence-corrected chi connectivity index (χ4v) is 9.82.